The summed E-state index contributed by atoms with van der Waals surface area (Å²) in [6, 6.07) is 5.60. The molecule has 2 aromatic heterocycles. The number of rotatable bonds is 8. The molecule has 1 aliphatic rings. The topological polar surface area (TPSA) is 89.5 Å². The van der Waals surface area contributed by atoms with Gasteiger partial charge in [-0.1, -0.05) is 35.2 Å². The standard InChI is InChI=1S/C20H23N5O3S3/c1-27-14-5-3-4-13(16(14)28-2)10-21-15(26)11-30-19-17-18(22-12-23-19)24-20(31-17)25-6-8-29-9-7-25/h3-5,12H,6-11H2,1-2H3,(H,21,26). The van der Waals surface area contributed by atoms with Crippen LogP contribution in [0.4, 0.5) is 5.13 Å². The highest BCUT2D eigenvalue weighted by atomic mass is 32.2. The van der Waals surface area contributed by atoms with E-state index in [2.05, 4.69) is 25.2 Å². The summed E-state index contributed by atoms with van der Waals surface area (Å²) in [4.78, 5) is 28.1. The number of nitrogens with zero attached hydrogens (tertiary/aromatic N) is 4. The lowest BCUT2D eigenvalue weighted by molar-refractivity contribution is -0.118. The molecular weight excluding hydrogens is 454 g/mol. The van der Waals surface area contributed by atoms with E-state index in [4.69, 9.17) is 9.47 Å². The van der Waals surface area contributed by atoms with Gasteiger partial charge in [0.1, 0.15) is 16.1 Å². The van der Waals surface area contributed by atoms with Gasteiger partial charge in [0.15, 0.2) is 22.3 Å². The van der Waals surface area contributed by atoms with Crippen molar-refractivity contribution in [1.82, 2.24) is 20.3 Å². The Bertz CT molecular complexity index is 1060. The van der Waals surface area contributed by atoms with Crippen molar-refractivity contribution in [3.8, 4) is 11.5 Å². The van der Waals surface area contributed by atoms with Gasteiger partial charge in [-0.15, -0.1) is 0 Å². The zero-order valence-corrected chi connectivity index (χ0v) is 19.7. The van der Waals surface area contributed by atoms with Gasteiger partial charge >= 0.3 is 0 Å². The van der Waals surface area contributed by atoms with Crippen LogP contribution in [0.2, 0.25) is 0 Å². The fourth-order valence-corrected chi connectivity index (χ4v) is 6.06. The Hall–Kier alpha value is -2.24. The number of aromatic nitrogens is 3. The summed E-state index contributed by atoms with van der Waals surface area (Å²) in [6.45, 7) is 2.35. The molecule has 1 amide bonds. The number of hydrogen-bond donors (Lipinski definition) is 1. The van der Waals surface area contributed by atoms with Gasteiger partial charge < -0.3 is 19.7 Å². The molecule has 3 heterocycles. The summed E-state index contributed by atoms with van der Waals surface area (Å²) in [5.74, 6) is 3.66. The van der Waals surface area contributed by atoms with Crippen LogP contribution in [0.15, 0.2) is 29.6 Å². The van der Waals surface area contributed by atoms with Crippen molar-refractivity contribution in [2.75, 3.05) is 49.5 Å². The van der Waals surface area contributed by atoms with Crippen molar-refractivity contribution in [2.45, 2.75) is 11.6 Å². The molecule has 1 N–H and O–H groups in total. The first-order valence-electron chi connectivity index (χ1n) is 9.73. The summed E-state index contributed by atoms with van der Waals surface area (Å²) in [6.07, 6.45) is 1.51. The zero-order chi connectivity index (χ0) is 21.6. The minimum Gasteiger partial charge on any atom is -0.493 e. The Morgan fingerprint density at radius 1 is 1.23 bits per heavy atom. The predicted molar refractivity (Wildman–Crippen MR) is 127 cm³/mol. The quantitative estimate of drug-likeness (QED) is 0.388. The van der Waals surface area contributed by atoms with Crippen LogP contribution in [0.5, 0.6) is 11.5 Å². The van der Waals surface area contributed by atoms with E-state index in [0.717, 1.165) is 45.0 Å². The number of para-hydroxylation sites is 1. The highest BCUT2D eigenvalue weighted by molar-refractivity contribution is 8.00. The van der Waals surface area contributed by atoms with E-state index in [0.29, 0.717) is 23.7 Å². The lowest BCUT2D eigenvalue weighted by Crippen LogP contribution is -2.32. The van der Waals surface area contributed by atoms with Gasteiger partial charge in [0.05, 0.1) is 20.0 Å². The second kappa shape index (κ2) is 10.4. The van der Waals surface area contributed by atoms with Gasteiger partial charge in [-0.3, -0.25) is 4.79 Å². The minimum atomic E-state index is -0.0839. The second-order valence-corrected chi connectivity index (χ2v) is 9.81. The molecule has 164 valence electrons. The molecule has 3 aromatic rings. The van der Waals surface area contributed by atoms with Crippen LogP contribution in [-0.4, -0.2) is 65.4 Å². The highest BCUT2D eigenvalue weighted by Crippen LogP contribution is 2.34. The molecule has 0 radical (unpaired) electrons. The van der Waals surface area contributed by atoms with E-state index in [1.54, 1.807) is 25.6 Å². The molecule has 11 heteroatoms. The van der Waals surface area contributed by atoms with Gasteiger partial charge in [-0.25, -0.2) is 9.97 Å². The van der Waals surface area contributed by atoms with Gasteiger partial charge in [-0.05, 0) is 6.07 Å². The van der Waals surface area contributed by atoms with Crippen molar-refractivity contribution in [1.29, 1.82) is 0 Å². The van der Waals surface area contributed by atoms with Crippen molar-refractivity contribution < 1.29 is 14.3 Å². The number of anilines is 1. The van der Waals surface area contributed by atoms with Gasteiger partial charge in [0.25, 0.3) is 0 Å². The third-order valence-corrected chi connectivity index (χ3v) is 7.90. The number of nitrogens with one attached hydrogen (secondary N) is 1. The number of carbonyl (C=O) groups excluding carboxylic acids is 1. The number of methoxy groups -OCH3 is 2. The maximum absolute atomic E-state index is 12.5. The fraction of sp³-hybridized carbons (Fsp3) is 0.400. The fourth-order valence-electron chi connectivity index (χ4n) is 3.19. The van der Waals surface area contributed by atoms with Gasteiger partial charge in [0.2, 0.25) is 5.91 Å². The molecule has 0 atom stereocenters. The van der Waals surface area contributed by atoms with Crippen LogP contribution in [-0.2, 0) is 11.3 Å². The molecule has 0 saturated carbocycles. The molecule has 31 heavy (non-hydrogen) atoms. The Morgan fingerprint density at radius 3 is 2.84 bits per heavy atom. The molecule has 8 nitrogen and oxygen atoms in total. The van der Waals surface area contributed by atoms with E-state index in [1.807, 2.05) is 30.0 Å². The molecule has 0 bridgehead atoms. The van der Waals surface area contributed by atoms with Crippen LogP contribution in [0.3, 0.4) is 0 Å². The predicted octanol–water partition coefficient (Wildman–Crippen LogP) is 3.07. The van der Waals surface area contributed by atoms with Crippen LogP contribution < -0.4 is 19.7 Å². The van der Waals surface area contributed by atoms with E-state index >= 15 is 0 Å². The van der Waals surface area contributed by atoms with Crippen molar-refractivity contribution in [2.24, 2.45) is 0 Å². The molecule has 0 spiro atoms. The first-order valence-corrected chi connectivity index (χ1v) is 12.7. The first kappa shape index (κ1) is 22.0. The number of ether oxygens (including phenoxy) is 2. The van der Waals surface area contributed by atoms with Crippen molar-refractivity contribution >= 4 is 56.2 Å². The number of benzene rings is 1. The summed E-state index contributed by atoms with van der Waals surface area (Å²) in [5.41, 5.74) is 1.55. The van der Waals surface area contributed by atoms with E-state index < -0.39 is 0 Å². The first-order chi connectivity index (χ1) is 15.2. The average Bonchev–Trinajstić information content (AvgIpc) is 3.26. The summed E-state index contributed by atoms with van der Waals surface area (Å²) < 4.78 is 11.7. The number of carbonyl (C=O) groups is 1. The smallest absolute Gasteiger partial charge is 0.230 e. The van der Waals surface area contributed by atoms with Crippen molar-refractivity contribution in [3.05, 3.63) is 30.1 Å². The molecule has 1 saturated heterocycles. The van der Waals surface area contributed by atoms with Gasteiger partial charge in [-0.2, -0.15) is 16.7 Å². The number of thiazole rings is 1. The molecular formula is C20H23N5O3S3. The highest BCUT2D eigenvalue weighted by Gasteiger charge is 2.18. The van der Waals surface area contributed by atoms with Crippen LogP contribution in [0.1, 0.15) is 5.56 Å². The maximum atomic E-state index is 12.5. The molecule has 0 unspecified atom stereocenters. The minimum absolute atomic E-state index is 0.0839. The lowest BCUT2D eigenvalue weighted by atomic mass is 10.2. The van der Waals surface area contributed by atoms with Crippen LogP contribution >= 0.6 is 34.9 Å². The Labute approximate surface area is 193 Å². The Kier molecular flexibility index (Phi) is 7.36. The third kappa shape index (κ3) is 5.16. The largest absolute Gasteiger partial charge is 0.493 e. The van der Waals surface area contributed by atoms with Crippen molar-refractivity contribution in [3.63, 3.8) is 0 Å². The molecule has 1 fully saturated rings. The van der Waals surface area contributed by atoms with Gasteiger partial charge in [0, 0.05) is 36.7 Å². The number of thioether (sulfide) groups is 2. The zero-order valence-electron chi connectivity index (χ0n) is 17.3. The van der Waals surface area contributed by atoms with E-state index in [-0.39, 0.29) is 11.7 Å². The summed E-state index contributed by atoms with van der Waals surface area (Å²) >= 11 is 4.96. The normalized spacial score (nSPS) is 13.9. The molecule has 4 rings (SSSR count). The van der Waals surface area contributed by atoms with Crippen LogP contribution in [0.25, 0.3) is 10.3 Å². The number of fused-ring (bicyclic) bond motifs is 1. The molecule has 1 aliphatic heterocycles. The number of amides is 1. The number of hydrogen-bond acceptors (Lipinski definition) is 10. The third-order valence-electron chi connectivity index (χ3n) is 4.73. The van der Waals surface area contributed by atoms with E-state index in [9.17, 15) is 4.79 Å². The Morgan fingerprint density at radius 2 is 2.06 bits per heavy atom. The molecule has 0 aliphatic carbocycles. The maximum Gasteiger partial charge on any atom is 0.230 e. The second-order valence-electron chi connectivity index (χ2n) is 6.65. The molecule has 1 aromatic carbocycles. The summed E-state index contributed by atoms with van der Waals surface area (Å²) in [5, 5.41) is 4.70. The van der Waals surface area contributed by atoms with E-state index in [1.165, 1.54) is 18.1 Å². The van der Waals surface area contributed by atoms with Crippen LogP contribution in [0, 0.1) is 0 Å². The summed E-state index contributed by atoms with van der Waals surface area (Å²) in [7, 11) is 3.18. The SMILES string of the molecule is COc1cccc(CNC(=O)CSc2ncnc3nc(N4CCSCC4)sc23)c1OC. The lowest BCUT2D eigenvalue weighted by Gasteiger charge is -2.25. The average molecular weight is 478 g/mol. The Balaban J connectivity index is 1.39. The monoisotopic (exact) mass is 477 g/mol.